The molecule has 0 saturated heterocycles. The van der Waals surface area contributed by atoms with Gasteiger partial charge in [-0.2, -0.15) is 0 Å². The first-order chi connectivity index (χ1) is 19.0. The summed E-state index contributed by atoms with van der Waals surface area (Å²) >= 11 is 0. The molecule has 2 atom stereocenters. The molecule has 2 aromatic rings. The third-order valence-electron chi connectivity index (χ3n) is 7.15. The second kappa shape index (κ2) is 13.4. The maximum absolute atomic E-state index is 12.8. The Morgan fingerprint density at radius 1 is 0.775 bits per heavy atom. The Morgan fingerprint density at radius 3 is 1.77 bits per heavy atom. The second-order valence-electron chi connectivity index (χ2n) is 11.4. The lowest BCUT2D eigenvalue weighted by molar-refractivity contribution is -0.119. The molecule has 0 heterocycles. The molecule has 8 heteroatoms. The van der Waals surface area contributed by atoms with Crippen molar-refractivity contribution in [3.05, 3.63) is 59.7 Å². The topological polar surface area (TPSA) is 95.1 Å². The standard InChI is InChI=1S/C32H42N2O6/c1-31(2)18-24(34-30(36)15-11-23-9-13-26(38-5)28(17-23)40-7)19-32(3,20-31)21-33-29(35)14-10-22-8-12-25(37-4)27(16-22)39-6/h8-17,24H,18-21H2,1-7H3,(H,33,35)(H,34,36)/b14-10+,15-11+. The van der Waals surface area contributed by atoms with Crippen molar-refractivity contribution in [2.45, 2.75) is 46.1 Å². The van der Waals surface area contributed by atoms with Crippen LogP contribution in [0.15, 0.2) is 48.6 Å². The van der Waals surface area contributed by atoms with Gasteiger partial charge in [-0.15, -0.1) is 0 Å². The maximum atomic E-state index is 12.8. The van der Waals surface area contributed by atoms with Gasteiger partial charge in [-0.05, 0) is 77.6 Å². The number of amides is 2. The summed E-state index contributed by atoms with van der Waals surface area (Å²) in [6.45, 7) is 7.11. The molecule has 3 rings (SSSR count). The van der Waals surface area contributed by atoms with Crippen molar-refractivity contribution in [3.8, 4) is 23.0 Å². The molecule has 2 unspecified atom stereocenters. The van der Waals surface area contributed by atoms with Crippen LogP contribution in [0.2, 0.25) is 0 Å². The van der Waals surface area contributed by atoms with Crippen molar-refractivity contribution in [2.75, 3.05) is 35.0 Å². The van der Waals surface area contributed by atoms with E-state index in [-0.39, 0.29) is 28.7 Å². The molecule has 1 aliphatic carbocycles. The minimum atomic E-state index is -0.169. The number of carbonyl (C=O) groups is 2. The van der Waals surface area contributed by atoms with Crippen molar-refractivity contribution in [2.24, 2.45) is 10.8 Å². The molecule has 0 aromatic heterocycles. The first-order valence-electron chi connectivity index (χ1n) is 13.4. The highest BCUT2D eigenvalue weighted by Crippen LogP contribution is 2.45. The van der Waals surface area contributed by atoms with Crippen molar-refractivity contribution in [3.63, 3.8) is 0 Å². The van der Waals surface area contributed by atoms with Gasteiger partial charge < -0.3 is 29.6 Å². The minimum Gasteiger partial charge on any atom is -0.493 e. The van der Waals surface area contributed by atoms with Crippen LogP contribution in [-0.4, -0.2) is 52.8 Å². The largest absolute Gasteiger partial charge is 0.493 e. The monoisotopic (exact) mass is 550 g/mol. The number of rotatable bonds is 11. The van der Waals surface area contributed by atoms with Crippen LogP contribution in [0.1, 0.15) is 51.2 Å². The van der Waals surface area contributed by atoms with E-state index in [0.717, 1.165) is 30.4 Å². The zero-order valence-electron chi connectivity index (χ0n) is 24.6. The molecule has 2 amide bonds. The van der Waals surface area contributed by atoms with Crippen LogP contribution in [-0.2, 0) is 9.59 Å². The van der Waals surface area contributed by atoms with Gasteiger partial charge in [0.2, 0.25) is 11.8 Å². The summed E-state index contributed by atoms with van der Waals surface area (Å²) in [5, 5.41) is 6.24. The number of hydrogen-bond acceptors (Lipinski definition) is 6. The Hall–Kier alpha value is -3.94. The third-order valence-corrected chi connectivity index (χ3v) is 7.15. The highest BCUT2D eigenvalue weighted by molar-refractivity contribution is 5.92. The summed E-state index contributed by atoms with van der Waals surface area (Å²) in [7, 11) is 6.33. The molecule has 1 saturated carbocycles. The number of carbonyl (C=O) groups excluding carboxylic acids is 2. The van der Waals surface area contributed by atoms with E-state index in [2.05, 4.69) is 31.4 Å². The number of methoxy groups -OCH3 is 4. The Morgan fingerprint density at radius 2 is 1.27 bits per heavy atom. The van der Waals surface area contributed by atoms with Crippen LogP contribution in [0, 0.1) is 10.8 Å². The summed E-state index contributed by atoms with van der Waals surface area (Å²) in [5.41, 5.74) is 1.52. The van der Waals surface area contributed by atoms with E-state index >= 15 is 0 Å². The van der Waals surface area contributed by atoms with E-state index in [0.29, 0.717) is 29.5 Å². The van der Waals surface area contributed by atoms with Gasteiger partial charge in [0.25, 0.3) is 0 Å². The van der Waals surface area contributed by atoms with Crippen molar-refractivity contribution >= 4 is 24.0 Å². The Bertz CT molecular complexity index is 1250. The lowest BCUT2D eigenvalue weighted by Gasteiger charge is -2.46. The smallest absolute Gasteiger partial charge is 0.244 e. The summed E-state index contributed by atoms with van der Waals surface area (Å²) in [6, 6.07) is 11.0. The summed E-state index contributed by atoms with van der Waals surface area (Å²) < 4.78 is 21.2. The van der Waals surface area contributed by atoms with Gasteiger partial charge >= 0.3 is 0 Å². The quantitative estimate of drug-likeness (QED) is 0.371. The zero-order valence-corrected chi connectivity index (χ0v) is 24.6. The summed E-state index contributed by atoms with van der Waals surface area (Å²) in [6.07, 6.45) is 9.15. The molecule has 1 fully saturated rings. The molecule has 0 spiro atoms. The summed E-state index contributed by atoms with van der Waals surface area (Å²) in [4.78, 5) is 25.5. The van der Waals surface area contributed by atoms with Gasteiger partial charge in [0.1, 0.15) is 0 Å². The number of ether oxygens (including phenoxy) is 4. The fourth-order valence-corrected chi connectivity index (χ4v) is 5.74. The SMILES string of the molecule is COc1ccc(/C=C/C(=O)NCC2(C)CC(NC(=O)/C=C/c3ccc(OC)c(OC)c3)CC(C)(C)C2)cc1OC. The van der Waals surface area contributed by atoms with Gasteiger partial charge in [0.05, 0.1) is 28.4 Å². The first kappa shape index (κ1) is 30.6. The predicted octanol–water partition coefficient (Wildman–Crippen LogP) is 5.27. The van der Waals surface area contributed by atoms with Crippen molar-refractivity contribution in [1.82, 2.24) is 10.6 Å². The van der Waals surface area contributed by atoms with E-state index in [4.69, 9.17) is 18.9 Å². The second-order valence-corrected chi connectivity index (χ2v) is 11.4. The number of hydrogen-bond donors (Lipinski definition) is 2. The molecule has 8 nitrogen and oxygen atoms in total. The van der Waals surface area contributed by atoms with Crippen LogP contribution in [0.5, 0.6) is 23.0 Å². The number of benzene rings is 2. The Balaban J connectivity index is 1.59. The van der Waals surface area contributed by atoms with Gasteiger partial charge in [-0.1, -0.05) is 32.9 Å². The molecular formula is C32H42N2O6. The van der Waals surface area contributed by atoms with Crippen molar-refractivity contribution < 1.29 is 28.5 Å². The van der Waals surface area contributed by atoms with E-state index in [1.165, 1.54) is 6.08 Å². The lowest BCUT2D eigenvalue weighted by atomic mass is 9.62. The van der Waals surface area contributed by atoms with E-state index < -0.39 is 0 Å². The van der Waals surface area contributed by atoms with Crippen LogP contribution in [0.3, 0.4) is 0 Å². The molecule has 40 heavy (non-hydrogen) atoms. The molecule has 0 bridgehead atoms. The normalized spacial score (nSPS) is 20.2. The van der Waals surface area contributed by atoms with Crippen LogP contribution in [0.25, 0.3) is 12.2 Å². The van der Waals surface area contributed by atoms with Crippen LogP contribution < -0.4 is 29.6 Å². The first-order valence-corrected chi connectivity index (χ1v) is 13.4. The molecule has 0 aliphatic heterocycles. The Kier molecular flexibility index (Phi) is 10.3. The van der Waals surface area contributed by atoms with E-state index in [1.807, 2.05) is 30.3 Å². The molecule has 216 valence electrons. The van der Waals surface area contributed by atoms with Crippen LogP contribution >= 0.6 is 0 Å². The van der Waals surface area contributed by atoms with E-state index in [1.54, 1.807) is 52.7 Å². The highest BCUT2D eigenvalue weighted by atomic mass is 16.5. The van der Waals surface area contributed by atoms with Crippen LogP contribution in [0.4, 0.5) is 0 Å². The molecular weight excluding hydrogens is 508 g/mol. The Labute approximate surface area is 237 Å². The van der Waals surface area contributed by atoms with Gasteiger partial charge in [0, 0.05) is 24.7 Å². The fraction of sp³-hybridized carbons (Fsp3) is 0.438. The minimum absolute atomic E-state index is 0.00416. The van der Waals surface area contributed by atoms with Gasteiger partial charge in [-0.25, -0.2) is 0 Å². The predicted molar refractivity (Wildman–Crippen MR) is 158 cm³/mol. The molecule has 2 aromatic carbocycles. The lowest BCUT2D eigenvalue weighted by Crippen LogP contribution is -2.50. The maximum Gasteiger partial charge on any atom is 0.244 e. The molecule has 2 N–H and O–H groups in total. The van der Waals surface area contributed by atoms with Gasteiger partial charge in [0.15, 0.2) is 23.0 Å². The molecule has 1 aliphatic rings. The fourth-order valence-electron chi connectivity index (χ4n) is 5.74. The number of nitrogens with one attached hydrogen (secondary N) is 2. The van der Waals surface area contributed by atoms with Gasteiger partial charge in [-0.3, -0.25) is 9.59 Å². The average Bonchev–Trinajstić information content (AvgIpc) is 2.92. The highest BCUT2D eigenvalue weighted by Gasteiger charge is 2.41. The summed E-state index contributed by atoms with van der Waals surface area (Å²) in [5.74, 6) is 2.16. The molecule has 0 radical (unpaired) electrons. The average molecular weight is 551 g/mol. The van der Waals surface area contributed by atoms with Crippen molar-refractivity contribution in [1.29, 1.82) is 0 Å². The van der Waals surface area contributed by atoms with E-state index in [9.17, 15) is 9.59 Å². The zero-order chi connectivity index (χ0) is 29.3. The third kappa shape index (κ3) is 8.53.